The Morgan fingerprint density at radius 3 is 2.62 bits per heavy atom. The van der Waals surface area contributed by atoms with Crippen LogP contribution in [-0.2, 0) is 18.8 Å². The minimum absolute atomic E-state index is 0.0396. The summed E-state index contributed by atoms with van der Waals surface area (Å²) in [6, 6.07) is 7.55. The number of nitrogens with zero attached hydrogens (tertiary/aromatic N) is 5. The lowest BCUT2D eigenvalue weighted by atomic mass is 10.2. The van der Waals surface area contributed by atoms with Crippen LogP contribution in [-0.4, -0.2) is 24.3 Å². The summed E-state index contributed by atoms with van der Waals surface area (Å²) in [4.78, 5) is 17.7. The summed E-state index contributed by atoms with van der Waals surface area (Å²) in [7, 11) is 0. The molecular weight excluding hydrogens is 346 g/mol. The van der Waals surface area contributed by atoms with Gasteiger partial charge in [-0.05, 0) is 31.9 Å². The molecule has 7 heteroatoms. The molecule has 0 aliphatic heterocycles. The van der Waals surface area contributed by atoms with Crippen molar-refractivity contribution in [3.63, 3.8) is 0 Å². The number of rotatable bonds is 8. The molecule has 0 spiro atoms. The van der Waals surface area contributed by atoms with E-state index in [1.54, 1.807) is 11.8 Å². The molecule has 6 nitrogen and oxygen atoms in total. The van der Waals surface area contributed by atoms with Crippen molar-refractivity contribution < 1.29 is 0 Å². The van der Waals surface area contributed by atoms with Crippen LogP contribution in [0.4, 0.5) is 0 Å². The average molecular weight is 372 g/mol. The van der Waals surface area contributed by atoms with Gasteiger partial charge in [0.25, 0.3) is 5.56 Å². The van der Waals surface area contributed by atoms with Crippen LogP contribution in [0, 0.1) is 6.92 Å². The van der Waals surface area contributed by atoms with Gasteiger partial charge in [-0.3, -0.25) is 9.36 Å². The van der Waals surface area contributed by atoms with Gasteiger partial charge in [-0.2, -0.15) is 0 Å². The van der Waals surface area contributed by atoms with E-state index in [0.29, 0.717) is 17.7 Å². The van der Waals surface area contributed by atoms with Crippen LogP contribution in [0.5, 0.6) is 0 Å². The SMILES string of the molecule is CCCCn1c(SCc2nnc(C)n2CCC)nc2ccccc2c1=O. The fourth-order valence-electron chi connectivity index (χ4n) is 2.95. The molecule has 0 fully saturated rings. The van der Waals surface area contributed by atoms with Crippen LogP contribution in [0.2, 0.25) is 0 Å². The van der Waals surface area contributed by atoms with E-state index in [1.165, 1.54) is 0 Å². The van der Waals surface area contributed by atoms with Crippen LogP contribution in [0.15, 0.2) is 34.2 Å². The first-order valence-electron chi connectivity index (χ1n) is 9.16. The van der Waals surface area contributed by atoms with Gasteiger partial charge in [-0.1, -0.05) is 44.2 Å². The fraction of sp³-hybridized carbons (Fsp3) is 0.474. The Hall–Kier alpha value is -2.15. The lowest BCUT2D eigenvalue weighted by molar-refractivity contribution is 0.557. The number of aryl methyl sites for hydroxylation is 1. The predicted octanol–water partition coefficient (Wildman–Crippen LogP) is 3.80. The Morgan fingerprint density at radius 1 is 1.04 bits per heavy atom. The van der Waals surface area contributed by atoms with Gasteiger partial charge in [0, 0.05) is 13.1 Å². The van der Waals surface area contributed by atoms with Crippen LogP contribution in [0.3, 0.4) is 0 Å². The molecule has 2 aromatic heterocycles. The summed E-state index contributed by atoms with van der Waals surface area (Å²) in [5.74, 6) is 2.51. The summed E-state index contributed by atoms with van der Waals surface area (Å²) in [5.41, 5.74) is 0.789. The first kappa shape index (κ1) is 18.6. The number of para-hydroxylation sites is 1. The molecule has 0 aliphatic carbocycles. The Labute approximate surface area is 157 Å². The summed E-state index contributed by atoms with van der Waals surface area (Å²) >= 11 is 1.56. The van der Waals surface area contributed by atoms with Gasteiger partial charge in [0.2, 0.25) is 0 Å². The number of hydrogen-bond donors (Lipinski definition) is 0. The molecule has 0 bridgehead atoms. The third-order valence-corrected chi connectivity index (χ3v) is 5.32. The third kappa shape index (κ3) is 3.82. The van der Waals surface area contributed by atoms with E-state index in [9.17, 15) is 4.79 Å². The van der Waals surface area contributed by atoms with Crippen LogP contribution in [0.25, 0.3) is 10.9 Å². The minimum Gasteiger partial charge on any atom is -0.315 e. The second-order valence-corrected chi connectivity index (χ2v) is 7.27. The average Bonchev–Trinajstić information content (AvgIpc) is 3.00. The van der Waals surface area contributed by atoms with E-state index >= 15 is 0 Å². The monoisotopic (exact) mass is 371 g/mol. The summed E-state index contributed by atoms with van der Waals surface area (Å²) in [5, 5.41) is 9.93. The zero-order valence-corrected chi connectivity index (χ0v) is 16.4. The highest BCUT2D eigenvalue weighted by molar-refractivity contribution is 7.98. The van der Waals surface area contributed by atoms with E-state index in [4.69, 9.17) is 4.98 Å². The third-order valence-electron chi connectivity index (χ3n) is 4.35. The second-order valence-electron chi connectivity index (χ2n) is 6.33. The standard InChI is InChI=1S/C19H25N5OS/c1-4-6-12-24-18(25)15-9-7-8-10-16(15)20-19(24)26-13-17-22-21-14(3)23(17)11-5-2/h7-10H,4-6,11-13H2,1-3H3. The van der Waals surface area contributed by atoms with Crippen molar-refractivity contribution in [2.75, 3.05) is 0 Å². The first-order valence-corrected chi connectivity index (χ1v) is 10.1. The molecule has 3 rings (SSSR count). The largest absolute Gasteiger partial charge is 0.315 e. The van der Waals surface area contributed by atoms with E-state index in [1.807, 2.05) is 35.8 Å². The van der Waals surface area contributed by atoms with Gasteiger partial charge < -0.3 is 4.57 Å². The van der Waals surface area contributed by atoms with Crippen LogP contribution >= 0.6 is 11.8 Å². The van der Waals surface area contributed by atoms with Gasteiger partial charge in [-0.15, -0.1) is 10.2 Å². The zero-order chi connectivity index (χ0) is 18.5. The predicted molar refractivity (Wildman–Crippen MR) is 106 cm³/mol. The minimum atomic E-state index is 0.0396. The Balaban J connectivity index is 1.94. The van der Waals surface area contributed by atoms with Crippen molar-refractivity contribution in [2.24, 2.45) is 0 Å². The number of thioether (sulfide) groups is 1. The number of hydrogen-bond acceptors (Lipinski definition) is 5. The molecule has 0 amide bonds. The zero-order valence-electron chi connectivity index (χ0n) is 15.6. The topological polar surface area (TPSA) is 65.6 Å². The van der Waals surface area contributed by atoms with Crippen molar-refractivity contribution in [3.05, 3.63) is 46.3 Å². The first-order chi connectivity index (χ1) is 12.7. The highest BCUT2D eigenvalue weighted by Gasteiger charge is 2.14. The highest BCUT2D eigenvalue weighted by Crippen LogP contribution is 2.22. The van der Waals surface area contributed by atoms with Gasteiger partial charge in [-0.25, -0.2) is 4.98 Å². The van der Waals surface area contributed by atoms with Gasteiger partial charge in [0.1, 0.15) is 11.6 Å². The molecule has 1 aromatic carbocycles. The molecule has 0 radical (unpaired) electrons. The molecule has 0 aliphatic rings. The van der Waals surface area contributed by atoms with E-state index in [-0.39, 0.29) is 5.56 Å². The summed E-state index contributed by atoms with van der Waals surface area (Å²) in [6.45, 7) is 7.84. The molecule has 0 unspecified atom stereocenters. The van der Waals surface area contributed by atoms with Gasteiger partial charge in [0.15, 0.2) is 5.16 Å². The van der Waals surface area contributed by atoms with Crippen molar-refractivity contribution in [1.29, 1.82) is 0 Å². The smallest absolute Gasteiger partial charge is 0.262 e. The van der Waals surface area contributed by atoms with Crippen molar-refractivity contribution in [1.82, 2.24) is 24.3 Å². The normalized spacial score (nSPS) is 11.3. The van der Waals surface area contributed by atoms with Gasteiger partial charge >= 0.3 is 0 Å². The molecule has 0 saturated carbocycles. The number of fused-ring (bicyclic) bond motifs is 1. The molecule has 138 valence electrons. The molecule has 0 saturated heterocycles. The summed E-state index contributed by atoms with van der Waals surface area (Å²) in [6.07, 6.45) is 3.03. The number of unbranched alkanes of at least 4 members (excludes halogenated alkanes) is 1. The van der Waals surface area contributed by atoms with Crippen molar-refractivity contribution in [2.45, 2.75) is 64.0 Å². The van der Waals surface area contributed by atoms with Crippen molar-refractivity contribution in [3.8, 4) is 0 Å². The molecule has 3 aromatic rings. The molecule has 26 heavy (non-hydrogen) atoms. The molecular formula is C19H25N5OS. The maximum atomic E-state index is 12.9. The second kappa shape index (κ2) is 8.49. The quantitative estimate of drug-likeness (QED) is 0.445. The Bertz CT molecular complexity index is 947. The maximum absolute atomic E-state index is 12.9. The Morgan fingerprint density at radius 2 is 1.85 bits per heavy atom. The van der Waals surface area contributed by atoms with E-state index in [2.05, 4.69) is 28.6 Å². The Kier molecular flexibility index (Phi) is 6.08. The van der Waals surface area contributed by atoms with Crippen molar-refractivity contribution >= 4 is 22.7 Å². The molecule has 0 N–H and O–H groups in total. The summed E-state index contributed by atoms with van der Waals surface area (Å²) < 4.78 is 3.95. The van der Waals surface area contributed by atoms with Gasteiger partial charge in [0.05, 0.1) is 16.7 Å². The van der Waals surface area contributed by atoms with E-state index < -0.39 is 0 Å². The van der Waals surface area contributed by atoms with E-state index in [0.717, 1.165) is 48.1 Å². The number of aromatic nitrogens is 5. The lowest BCUT2D eigenvalue weighted by Crippen LogP contribution is -2.23. The van der Waals surface area contributed by atoms with Crippen LogP contribution < -0.4 is 5.56 Å². The number of benzene rings is 1. The molecule has 2 heterocycles. The maximum Gasteiger partial charge on any atom is 0.262 e. The fourth-order valence-corrected chi connectivity index (χ4v) is 3.91. The highest BCUT2D eigenvalue weighted by atomic mass is 32.2. The lowest BCUT2D eigenvalue weighted by Gasteiger charge is -2.13. The molecule has 0 atom stereocenters. The van der Waals surface area contributed by atoms with Crippen LogP contribution in [0.1, 0.15) is 44.8 Å².